The Labute approximate surface area is 147 Å². The maximum Gasteiger partial charge on any atom is 0.307 e. The molecule has 2 saturated heterocycles. The van der Waals surface area contributed by atoms with Gasteiger partial charge in [0, 0.05) is 25.7 Å². The Bertz CT molecular complexity index is 635. The van der Waals surface area contributed by atoms with Crippen molar-refractivity contribution in [2.45, 2.75) is 31.8 Å². The first-order valence-corrected chi connectivity index (χ1v) is 10.2. The van der Waals surface area contributed by atoms with Gasteiger partial charge in [-0.3, -0.25) is 19.3 Å². The summed E-state index contributed by atoms with van der Waals surface area (Å²) >= 11 is 0. The van der Waals surface area contributed by atoms with Crippen molar-refractivity contribution in [2.75, 3.05) is 44.8 Å². The molecule has 0 aromatic heterocycles. The van der Waals surface area contributed by atoms with Gasteiger partial charge >= 0.3 is 5.97 Å². The topological polar surface area (TPSA) is 113 Å². The van der Waals surface area contributed by atoms with Crippen LogP contribution < -0.4 is 5.32 Å². The fourth-order valence-corrected chi connectivity index (χ4v) is 5.07. The Morgan fingerprint density at radius 1 is 1.40 bits per heavy atom. The summed E-state index contributed by atoms with van der Waals surface area (Å²) < 4.78 is 28.0. The Morgan fingerprint density at radius 3 is 2.68 bits per heavy atom. The minimum atomic E-state index is -3.09. The van der Waals surface area contributed by atoms with Crippen molar-refractivity contribution in [3.8, 4) is 0 Å². The number of hydrogen-bond acceptors (Lipinski definition) is 7. The van der Waals surface area contributed by atoms with E-state index in [-0.39, 0.29) is 42.3 Å². The van der Waals surface area contributed by atoms with Gasteiger partial charge in [-0.05, 0) is 13.3 Å². The Kier molecular flexibility index (Phi) is 6.39. The van der Waals surface area contributed by atoms with Gasteiger partial charge in [0.05, 0.1) is 31.6 Å². The Hall–Kier alpha value is -1.68. The first-order valence-electron chi connectivity index (χ1n) is 8.36. The highest BCUT2D eigenvalue weighted by molar-refractivity contribution is 7.91. The monoisotopic (exact) mass is 375 g/mol. The number of likely N-dealkylation sites (N-methyl/N-ethyl adjacent to an activating group) is 1. The second-order valence-electron chi connectivity index (χ2n) is 6.29. The van der Waals surface area contributed by atoms with E-state index in [1.54, 1.807) is 16.7 Å². The van der Waals surface area contributed by atoms with Gasteiger partial charge in [0.15, 0.2) is 9.84 Å². The number of rotatable bonds is 6. The summed E-state index contributed by atoms with van der Waals surface area (Å²) in [7, 11) is -1.84. The van der Waals surface area contributed by atoms with Crippen molar-refractivity contribution in [3.63, 3.8) is 0 Å². The van der Waals surface area contributed by atoms with Crippen molar-refractivity contribution in [2.24, 2.45) is 0 Å². The largest absolute Gasteiger partial charge is 0.469 e. The predicted molar refractivity (Wildman–Crippen MR) is 89.4 cm³/mol. The SMILES string of the molecule is CCN(C(=O)CN1CCNC(=O)C1CC(=O)OC)C1CCS(=O)(=O)C1. The number of nitrogens with one attached hydrogen (secondary N) is 1. The van der Waals surface area contributed by atoms with Gasteiger partial charge < -0.3 is 15.0 Å². The van der Waals surface area contributed by atoms with Crippen LogP contribution in [-0.4, -0.2) is 92.9 Å². The molecule has 2 unspecified atom stereocenters. The molecule has 0 aromatic carbocycles. The van der Waals surface area contributed by atoms with Crippen LogP contribution in [0.5, 0.6) is 0 Å². The lowest BCUT2D eigenvalue weighted by Gasteiger charge is -2.36. The lowest BCUT2D eigenvalue weighted by molar-refractivity contribution is -0.147. The number of amides is 2. The minimum absolute atomic E-state index is 0.0152. The van der Waals surface area contributed by atoms with Crippen molar-refractivity contribution in [1.82, 2.24) is 15.1 Å². The van der Waals surface area contributed by atoms with Gasteiger partial charge in [0.2, 0.25) is 11.8 Å². The predicted octanol–water partition coefficient (Wildman–Crippen LogP) is -1.61. The number of carbonyl (C=O) groups excluding carboxylic acids is 3. The van der Waals surface area contributed by atoms with Crippen LogP contribution in [0.2, 0.25) is 0 Å². The van der Waals surface area contributed by atoms with Gasteiger partial charge in [-0.25, -0.2) is 8.42 Å². The molecule has 2 heterocycles. The second kappa shape index (κ2) is 8.13. The van der Waals surface area contributed by atoms with Crippen molar-refractivity contribution in [3.05, 3.63) is 0 Å². The van der Waals surface area contributed by atoms with E-state index in [1.165, 1.54) is 7.11 Å². The summed E-state index contributed by atoms with van der Waals surface area (Å²) in [5, 5.41) is 2.68. The molecule has 2 aliphatic rings. The van der Waals surface area contributed by atoms with Crippen LogP contribution in [0, 0.1) is 0 Å². The Balaban J connectivity index is 2.05. The molecule has 0 spiro atoms. The van der Waals surface area contributed by atoms with Gasteiger partial charge in [0.25, 0.3) is 0 Å². The molecule has 2 atom stereocenters. The number of piperazine rings is 1. The summed E-state index contributed by atoms with van der Waals surface area (Å²) in [6.07, 6.45) is 0.313. The standard InChI is InChI=1S/C15H25N3O6S/c1-3-18(11-4-7-25(22,23)10-11)13(19)9-17-6-5-16-15(21)12(17)8-14(20)24-2/h11-12H,3-10H2,1-2H3,(H,16,21). The third-order valence-corrected chi connectivity index (χ3v) is 6.43. The fourth-order valence-electron chi connectivity index (χ4n) is 3.34. The molecule has 2 rings (SSSR count). The number of carbonyl (C=O) groups is 3. The molecular weight excluding hydrogens is 350 g/mol. The van der Waals surface area contributed by atoms with E-state index >= 15 is 0 Å². The first-order chi connectivity index (χ1) is 11.8. The summed E-state index contributed by atoms with van der Waals surface area (Å²) in [5.41, 5.74) is 0. The van der Waals surface area contributed by atoms with Crippen LogP contribution in [0.25, 0.3) is 0 Å². The van der Waals surface area contributed by atoms with Gasteiger partial charge in [-0.15, -0.1) is 0 Å². The zero-order chi connectivity index (χ0) is 18.6. The van der Waals surface area contributed by atoms with Gasteiger partial charge in [0.1, 0.15) is 6.04 Å². The maximum absolute atomic E-state index is 12.7. The molecule has 10 heteroatoms. The summed E-state index contributed by atoms with van der Waals surface area (Å²) in [6, 6.07) is -1.07. The van der Waals surface area contributed by atoms with Crippen LogP contribution in [0.1, 0.15) is 19.8 Å². The van der Waals surface area contributed by atoms with Crippen molar-refractivity contribution < 1.29 is 27.5 Å². The molecule has 142 valence electrons. The van der Waals surface area contributed by atoms with E-state index < -0.39 is 21.8 Å². The van der Waals surface area contributed by atoms with Crippen LogP contribution in [0.15, 0.2) is 0 Å². The quantitative estimate of drug-likeness (QED) is 0.556. The van der Waals surface area contributed by atoms with Gasteiger partial charge in [-0.2, -0.15) is 0 Å². The molecule has 9 nitrogen and oxygen atoms in total. The first kappa shape index (κ1) is 19.6. The minimum Gasteiger partial charge on any atom is -0.469 e. The summed E-state index contributed by atoms with van der Waals surface area (Å²) in [6.45, 7) is 3.02. The molecule has 2 aliphatic heterocycles. The van der Waals surface area contributed by atoms with E-state index in [1.807, 2.05) is 0 Å². The molecule has 0 bridgehead atoms. The number of methoxy groups -OCH3 is 1. The summed E-state index contributed by atoms with van der Waals surface area (Å²) in [4.78, 5) is 39.5. The highest BCUT2D eigenvalue weighted by Crippen LogP contribution is 2.19. The number of hydrogen-bond donors (Lipinski definition) is 1. The highest BCUT2D eigenvalue weighted by Gasteiger charge is 2.37. The second-order valence-corrected chi connectivity index (χ2v) is 8.52. The number of ether oxygens (including phenoxy) is 1. The zero-order valence-electron chi connectivity index (χ0n) is 14.6. The van der Waals surface area contributed by atoms with Crippen LogP contribution in [0.3, 0.4) is 0 Å². The maximum atomic E-state index is 12.7. The summed E-state index contributed by atoms with van der Waals surface area (Å²) in [5.74, 6) is -0.976. The van der Waals surface area contributed by atoms with Crippen molar-refractivity contribution in [1.29, 1.82) is 0 Å². The lowest BCUT2D eigenvalue weighted by atomic mass is 10.1. The normalized spacial score (nSPS) is 26.1. The molecule has 25 heavy (non-hydrogen) atoms. The molecule has 1 N–H and O–H groups in total. The third-order valence-electron chi connectivity index (χ3n) is 4.68. The van der Waals surface area contributed by atoms with Crippen LogP contribution in [-0.2, 0) is 29.0 Å². The molecule has 0 saturated carbocycles. The molecule has 0 aliphatic carbocycles. The van der Waals surface area contributed by atoms with Crippen molar-refractivity contribution >= 4 is 27.6 Å². The lowest BCUT2D eigenvalue weighted by Crippen LogP contribution is -2.58. The van der Waals surface area contributed by atoms with E-state index in [4.69, 9.17) is 0 Å². The highest BCUT2D eigenvalue weighted by atomic mass is 32.2. The zero-order valence-corrected chi connectivity index (χ0v) is 15.4. The van der Waals surface area contributed by atoms with E-state index in [9.17, 15) is 22.8 Å². The van der Waals surface area contributed by atoms with E-state index in [2.05, 4.69) is 10.1 Å². The number of nitrogens with zero attached hydrogens (tertiary/aromatic N) is 2. The average Bonchev–Trinajstić information content (AvgIpc) is 2.91. The molecule has 0 aromatic rings. The number of sulfone groups is 1. The Morgan fingerprint density at radius 2 is 2.12 bits per heavy atom. The van der Waals surface area contributed by atoms with E-state index in [0.29, 0.717) is 26.1 Å². The molecular formula is C15H25N3O6S. The van der Waals surface area contributed by atoms with Crippen LogP contribution >= 0.6 is 0 Å². The van der Waals surface area contributed by atoms with Gasteiger partial charge in [-0.1, -0.05) is 0 Å². The number of esters is 1. The average molecular weight is 375 g/mol. The molecule has 0 radical (unpaired) electrons. The molecule has 2 fully saturated rings. The molecule has 2 amide bonds. The fraction of sp³-hybridized carbons (Fsp3) is 0.800. The van der Waals surface area contributed by atoms with Crippen LogP contribution in [0.4, 0.5) is 0 Å². The third kappa shape index (κ3) is 4.91. The van der Waals surface area contributed by atoms with E-state index in [0.717, 1.165) is 0 Å². The smallest absolute Gasteiger partial charge is 0.307 e.